The fourth-order valence-electron chi connectivity index (χ4n) is 2.12. The molecule has 8 heteroatoms. The molecule has 124 valence electrons. The molecule has 1 amide bonds. The van der Waals surface area contributed by atoms with Crippen LogP contribution in [0.5, 0.6) is 0 Å². The zero-order chi connectivity index (χ0) is 16.8. The summed E-state index contributed by atoms with van der Waals surface area (Å²) >= 11 is 1.29. The third-order valence-electron chi connectivity index (χ3n) is 3.20. The fraction of sp³-hybridized carbons (Fsp3) is 0.400. The van der Waals surface area contributed by atoms with Gasteiger partial charge in [0.15, 0.2) is 0 Å². The van der Waals surface area contributed by atoms with Crippen molar-refractivity contribution in [3.63, 3.8) is 0 Å². The number of esters is 1. The van der Waals surface area contributed by atoms with Crippen molar-refractivity contribution in [2.45, 2.75) is 20.0 Å². The van der Waals surface area contributed by atoms with E-state index in [4.69, 9.17) is 0 Å². The summed E-state index contributed by atoms with van der Waals surface area (Å²) in [6, 6.07) is 1.63. The van der Waals surface area contributed by atoms with Crippen LogP contribution in [0.1, 0.15) is 22.8 Å². The van der Waals surface area contributed by atoms with Gasteiger partial charge in [-0.05, 0) is 25.4 Å². The summed E-state index contributed by atoms with van der Waals surface area (Å²) in [5.74, 6) is -0.634. The largest absolute Gasteiger partial charge is 0.465 e. The maximum atomic E-state index is 12.1. The summed E-state index contributed by atoms with van der Waals surface area (Å²) in [7, 11) is 3.17. The molecule has 0 aliphatic carbocycles. The predicted octanol–water partition coefficient (Wildman–Crippen LogP) is 1.82. The number of methoxy groups -OCH3 is 1. The number of nitrogens with zero attached hydrogens (tertiary/aromatic N) is 3. The van der Waals surface area contributed by atoms with Crippen molar-refractivity contribution in [2.24, 2.45) is 0 Å². The van der Waals surface area contributed by atoms with Gasteiger partial charge >= 0.3 is 5.97 Å². The van der Waals surface area contributed by atoms with E-state index in [2.05, 4.69) is 15.2 Å². The third kappa shape index (κ3) is 4.64. The topological polar surface area (TPSA) is 76.5 Å². The Bertz CT molecular complexity index is 680. The van der Waals surface area contributed by atoms with Crippen LogP contribution in [0.3, 0.4) is 0 Å². The van der Waals surface area contributed by atoms with Crippen LogP contribution in [0.4, 0.5) is 5.00 Å². The van der Waals surface area contributed by atoms with Crippen LogP contribution in [0.25, 0.3) is 0 Å². The van der Waals surface area contributed by atoms with Crippen molar-refractivity contribution in [2.75, 3.05) is 26.0 Å². The van der Waals surface area contributed by atoms with Crippen molar-refractivity contribution in [3.8, 4) is 0 Å². The summed E-state index contributed by atoms with van der Waals surface area (Å²) in [6.07, 6.45) is 3.76. The molecule has 2 aromatic heterocycles. The van der Waals surface area contributed by atoms with Crippen LogP contribution in [-0.2, 0) is 22.6 Å². The standard InChI is InChI=1S/C15H20N4O3S/c1-4-19-9-11(7-16-19)8-18(2)10-13(20)17-14-12(5-6-23-14)15(21)22-3/h5-7,9H,4,8,10H2,1-3H3,(H,17,20). The highest BCUT2D eigenvalue weighted by Gasteiger charge is 2.16. The molecule has 0 unspecified atom stereocenters. The number of hydrogen-bond donors (Lipinski definition) is 1. The smallest absolute Gasteiger partial charge is 0.340 e. The number of amides is 1. The Hall–Kier alpha value is -2.19. The average Bonchev–Trinajstić information content (AvgIpc) is 3.15. The highest BCUT2D eigenvalue weighted by Crippen LogP contribution is 2.23. The number of rotatable bonds is 7. The summed E-state index contributed by atoms with van der Waals surface area (Å²) in [6.45, 7) is 3.68. The molecule has 2 heterocycles. The molecule has 0 aromatic carbocycles. The molecular weight excluding hydrogens is 316 g/mol. The van der Waals surface area contributed by atoms with Crippen molar-refractivity contribution < 1.29 is 14.3 Å². The minimum absolute atomic E-state index is 0.178. The highest BCUT2D eigenvalue weighted by molar-refractivity contribution is 7.14. The Morgan fingerprint density at radius 3 is 2.91 bits per heavy atom. The van der Waals surface area contributed by atoms with Gasteiger partial charge in [0.2, 0.25) is 5.91 Å². The lowest BCUT2D eigenvalue weighted by Crippen LogP contribution is -2.29. The highest BCUT2D eigenvalue weighted by atomic mass is 32.1. The molecular formula is C15H20N4O3S. The number of aryl methyl sites for hydroxylation is 1. The van der Waals surface area contributed by atoms with Gasteiger partial charge in [0.25, 0.3) is 0 Å². The Morgan fingerprint density at radius 1 is 1.48 bits per heavy atom. The normalized spacial score (nSPS) is 10.8. The van der Waals surface area contributed by atoms with E-state index in [-0.39, 0.29) is 12.5 Å². The number of anilines is 1. The maximum Gasteiger partial charge on any atom is 0.340 e. The summed E-state index contributed by atoms with van der Waals surface area (Å²) < 4.78 is 6.53. The molecule has 0 spiro atoms. The quantitative estimate of drug-likeness (QED) is 0.781. The zero-order valence-corrected chi connectivity index (χ0v) is 14.2. The molecule has 0 radical (unpaired) electrons. The second kappa shape index (κ2) is 7.89. The molecule has 0 aliphatic rings. The van der Waals surface area contributed by atoms with Gasteiger partial charge in [0, 0.05) is 24.8 Å². The number of ether oxygens (including phenoxy) is 1. The predicted molar refractivity (Wildman–Crippen MR) is 88.5 cm³/mol. The number of likely N-dealkylation sites (N-methyl/N-ethyl adjacent to an activating group) is 1. The Balaban J connectivity index is 1.89. The molecule has 1 N–H and O–H groups in total. The Labute approximate surface area is 138 Å². The summed E-state index contributed by atoms with van der Waals surface area (Å²) in [5.41, 5.74) is 1.42. The van der Waals surface area contributed by atoms with E-state index in [0.717, 1.165) is 12.1 Å². The van der Waals surface area contributed by atoms with Crippen molar-refractivity contribution in [1.29, 1.82) is 0 Å². The summed E-state index contributed by atoms with van der Waals surface area (Å²) in [5, 5.41) is 9.21. The maximum absolute atomic E-state index is 12.1. The minimum atomic E-state index is -0.457. The lowest BCUT2D eigenvalue weighted by Gasteiger charge is -2.15. The van der Waals surface area contributed by atoms with Crippen LogP contribution in [0.2, 0.25) is 0 Å². The second-order valence-corrected chi connectivity index (χ2v) is 6.00. The minimum Gasteiger partial charge on any atom is -0.465 e. The van der Waals surface area contributed by atoms with E-state index in [1.54, 1.807) is 17.6 Å². The van der Waals surface area contributed by atoms with Crippen molar-refractivity contribution >= 4 is 28.2 Å². The SMILES string of the molecule is CCn1cc(CN(C)CC(=O)Nc2sccc2C(=O)OC)cn1. The van der Waals surface area contributed by atoms with E-state index in [1.807, 2.05) is 29.7 Å². The van der Waals surface area contributed by atoms with Crippen LogP contribution in [-0.4, -0.2) is 47.3 Å². The number of nitrogens with one attached hydrogen (secondary N) is 1. The Kier molecular flexibility index (Phi) is 5.89. The number of hydrogen-bond acceptors (Lipinski definition) is 6. The lowest BCUT2D eigenvalue weighted by molar-refractivity contribution is -0.117. The van der Waals surface area contributed by atoms with Crippen molar-refractivity contribution in [1.82, 2.24) is 14.7 Å². The molecule has 7 nitrogen and oxygen atoms in total. The Morgan fingerprint density at radius 2 is 2.26 bits per heavy atom. The summed E-state index contributed by atoms with van der Waals surface area (Å²) in [4.78, 5) is 25.6. The van der Waals surface area contributed by atoms with Crippen LogP contribution in [0, 0.1) is 0 Å². The molecule has 0 aliphatic heterocycles. The number of carbonyl (C=O) groups is 2. The number of aromatic nitrogens is 2. The first-order chi connectivity index (χ1) is 11.0. The van der Waals surface area contributed by atoms with Gasteiger partial charge in [-0.1, -0.05) is 0 Å². The van der Waals surface area contributed by atoms with Gasteiger partial charge in [-0.15, -0.1) is 11.3 Å². The van der Waals surface area contributed by atoms with Crippen LogP contribution in [0.15, 0.2) is 23.8 Å². The molecule has 2 rings (SSSR count). The van der Waals surface area contributed by atoms with Gasteiger partial charge < -0.3 is 10.1 Å². The van der Waals surface area contributed by atoms with Gasteiger partial charge in [-0.2, -0.15) is 5.10 Å². The fourth-order valence-corrected chi connectivity index (χ4v) is 2.91. The van der Waals surface area contributed by atoms with Gasteiger partial charge in [-0.3, -0.25) is 14.4 Å². The zero-order valence-electron chi connectivity index (χ0n) is 13.4. The first-order valence-electron chi connectivity index (χ1n) is 7.19. The van der Waals surface area contributed by atoms with Crippen LogP contribution < -0.4 is 5.32 Å². The molecule has 0 fully saturated rings. The average molecular weight is 336 g/mol. The molecule has 0 atom stereocenters. The van der Waals surface area contributed by atoms with Crippen molar-refractivity contribution in [3.05, 3.63) is 35.0 Å². The first-order valence-corrected chi connectivity index (χ1v) is 8.07. The van der Waals surface area contributed by atoms with E-state index < -0.39 is 5.97 Å². The molecule has 0 saturated heterocycles. The van der Waals surface area contributed by atoms with Crippen LogP contribution >= 0.6 is 11.3 Å². The third-order valence-corrected chi connectivity index (χ3v) is 4.03. The monoisotopic (exact) mass is 336 g/mol. The van der Waals surface area contributed by atoms with E-state index >= 15 is 0 Å². The second-order valence-electron chi connectivity index (χ2n) is 5.08. The van der Waals surface area contributed by atoms with E-state index in [9.17, 15) is 9.59 Å². The lowest BCUT2D eigenvalue weighted by atomic mass is 10.3. The van der Waals surface area contributed by atoms with Gasteiger partial charge in [-0.25, -0.2) is 4.79 Å². The molecule has 2 aromatic rings. The molecule has 0 bridgehead atoms. The first kappa shape index (κ1) is 17.2. The number of carbonyl (C=O) groups excluding carboxylic acids is 2. The molecule has 23 heavy (non-hydrogen) atoms. The number of thiophene rings is 1. The van der Waals surface area contributed by atoms with E-state index in [1.165, 1.54) is 18.4 Å². The van der Waals surface area contributed by atoms with Gasteiger partial charge in [0.1, 0.15) is 5.00 Å². The van der Waals surface area contributed by atoms with E-state index in [0.29, 0.717) is 17.1 Å². The molecule has 0 saturated carbocycles. The van der Waals surface area contributed by atoms with Gasteiger partial charge in [0.05, 0.1) is 25.4 Å².